The molecular weight excluding hydrogens is 384 g/mol. The van der Waals surface area contributed by atoms with Gasteiger partial charge >= 0.3 is 5.69 Å². The molecule has 0 saturated carbocycles. The third-order valence-corrected chi connectivity index (χ3v) is 5.18. The first-order chi connectivity index (χ1) is 14.3. The minimum absolute atomic E-state index is 0.00153. The van der Waals surface area contributed by atoms with Crippen LogP contribution in [-0.4, -0.2) is 30.7 Å². The normalized spacial score (nSPS) is 12.4. The van der Waals surface area contributed by atoms with Crippen molar-refractivity contribution in [2.24, 2.45) is 5.92 Å². The first-order valence-electron chi connectivity index (χ1n) is 10.1. The molecule has 2 heterocycles. The van der Waals surface area contributed by atoms with Gasteiger partial charge in [-0.25, -0.2) is 9.20 Å². The molecule has 0 unspecified atom stereocenters. The Labute approximate surface area is 173 Å². The number of fused-ring (bicyclic) bond motifs is 3. The molecule has 30 heavy (non-hydrogen) atoms. The van der Waals surface area contributed by atoms with E-state index in [1.54, 1.807) is 12.1 Å². The molecule has 0 bridgehead atoms. The maximum atomic E-state index is 13.2. The van der Waals surface area contributed by atoms with Gasteiger partial charge < -0.3 is 5.32 Å². The number of hydrogen-bond donors (Lipinski definition) is 1. The van der Waals surface area contributed by atoms with Crippen molar-refractivity contribution in [3.63, 3.8) is 0 Å². The Morgan fingerprint density at radius 2 is 2.00 bits per heavy atom. The van der Waals surface area contributed by atoms with Gasteiger partial charge in [-0.05, 0) is 43.9 Å². The molecule has 0 aliphatic carbocycles. The average molecular weight is 410 g/mol. The molecule has 9 nitrogen and oxygen atoms in total. The van der Waals surface area contributed by atoms with E-state index in [4.69, 9.17) is 5.26 Å². The van der Waals surface area contributed by atoms with Crippen LogP contribution in [0.3, 0.4) is 0 Å². The molecule has 1 aromatic carbocycles. The number of carbonyl (C=O) groups is 1. The molecule has 0 fully saturated rings. The number of amides is 1. The lowest BCUT2D eigenvalue weighted by molar-refractivity contribution is 0.0939. The second kappa shape index (κ2) is 8.53. The Kier molecular flexibility index (Phi) is 6.06. The van der Waals surface area contributed by atoms with E-state index in [1.165, 1.54) is 15.0 Å². The number of nitrogens with one attached hydrogen (secondary N) is 1. The molecule has 158 valence electrons. The van der Waals surface area contributed by atoms with Crippen LogP contribution >= 0.6 is 0 Å². The molecule has 0 aliphatic rings. The highest BCUT2D eigenvalue weighted by Gasteiger charge is 2.19. The van der Waals surface area contributed by atoms with Gasteiger partial charge in [-0.15, -0.1) is 5.10 Å². The van der Waals surface area contributed by atoms with E-state index in [0.29, 0.717) is 28.9 Å². The lowest BCUT2D eigenvalue weighted by atomic mass is 10.1. The Morgan fingerprint density at radius 3 is 2.63 bits per heavy atom. The molecule has 1 atom stereocenters. The van der Waals surface area contributed by atoms with Crippen molar-refractivity contribution in [1.29, 1.82) is 5.26 Å². The average Bonchev–Trinajstić information content (AvgIpc) is 3.03. The van der Waals surface area contributed by atoms with E-state index in [9.17, 15) is 14.4 Å². The maximum absolute atomic E-state index is 13.2. The highest BCUT2D eigenvalue weighted by molar-refractivity contribution is 5.98. The SMILES string of the molecule is CC[C@H](C)NC(=O)c1ccc2c(=O)n(CCC(C)C)c3nn(CC#N)c(=O)n3c2c1. The van der Waals surface area contributed by atoms with Crippen LogP contribution in [-0.2, 0) is 13.1 Å². The second-order valence-corrected chi connectivity index (χ2v) is 7.89. The van der Waals surface area contributed by atoms with Crippen molar-refractivity contribution in [3.05, 3.63) is 44.6 Å². The number of nitrogens with zero attached hydrogens (tertiary/aromatic N) is 5. The predicted molar refractivity (Wildman–Crippen MR) is 114 cm³/mol. The highest BCUT2D eigenvalue weighted by Crippen LogP contribution is 2.15. The predicted octanol–water partition coefficient (Wildman–Crippen LogP) is 1.91. The van der Waals surface area contributed by atoms with Gasteiger partial charge in [-0.2, -0.15) is 9.94 Å². The fourth-order valence-electron chi connectivity index (χ4n) is 3.22. The number of aromatic nitrogens is 4. The monoisotopic (exact) mass is 410 g/mol. The molecular formula is C21H26N6O3. The van der Waals surface area contributed by atoms with Gasteiger partial charge in [0.05, 0.1) is 17.0 Å². The van der Waals surface area contributed by atoms with Crippen LogP contribution in [0.5, 0.6) is 0 Å². The zero-order chi connectivity index (χ0) is 22.0. The van der Waals surface area contributed by atoms with Gasteiger partial charge in [0.2, 0.25) is 5.78 Å². The fourth-order valence-corrected chi connectivity index (χ4v) is 3.22. The zero-order valence-corrected chi connectivity index (χ0v) is 17.7. The summed E-state index contributed by atoms with van der Waals surface area (Å²) in [6, 6.07) is 6.61. The maximum Gasteiger partial charge on any atom is 0.353 e. The van der Waals surface area contributed by atoms with Crippen molar-refractivity contribution >= 4 is 22.6 Å². The first-order valence-corrected chi connectivity index (χ1v) is 10.1. The van der Waals surface area contributed by atoms with E-state index < -0.39 is 5.69 Å². The van der Waals surface area contributed by atoms with Crippen molar-refractivity contribution in [2.45, 2.75) is 59.7 Å². The number of carbonyl (C=O) groups excluding carboxylic acids is 1. The summed E-state index contributed by atoms with van der Waals surface area (Å²) in [4.78, 5) is 38.7. The van der Waals surface area contributed by atoms with Gasteiger partial charge in [-0.3, -0.25) is 14.2 Å². The first kappa shape index (κ1) is 21.3. The third kappa shape index (κ3) is 3.85. The van der Waals surface area contributed by atoms with Gasteiger partial charge in [0.1, 0.15) is 6.54 Å². The Hall–Kier alpha value is -3.41. The van der Waals surface area contributed by atoms with Crippen LogP contribution in [0.1, 0.15) is 50.9 Å². The van der Waals surface area contributed by atoms with Crippen LogP contribution in [0, 0.1) is 17.2 Å². The van der Waals surface area contributed by atoms with Crippen molar-refractivity contribution < 1.29 is 4.79 Å². The molecule has 0 saturated heterocycles. The van der Waals surface area contributed by atoms with Gasteiger partial charge in [-0.1, -0.05) is 20.8 Å². The quantitative estimate of drug-likeness (QED) is 0.639. The molecule has 0 radical (unpaired) electrons. The van der Waals surface area contributed by atoms with Crippen LogP contribution in [0.25, 0.3) is 16.7 Å². The zero-order valence-electron chi connectivity index (χ0n) is 17.7. The number of hydrogen-bond acceptors (Lipinski definition) is 5. The standard InChI is InChI=1S/C21H26N6O3/c1-5-14(4)23-18(28)15-6-7-16-17(12-15)27-20(24-26(11-9-22)21(27)30)25(19(16)29)10-8-13(2)3/h6-7,12-14H,5,8,10-11H2,1-4H3,(H,23,28)/t14-/m0/s1. The van der Waals surface area contributed by atoms with Crippen molar-refractivity contribution in [2.75, 3.05) is 0 Å². The third-order valence-electron chi connectivity index (χ3n) is 5.18. The smallest absolute Gasteiger partial charge is 0.350 e. The lowest BCUT2D eigenvalue weighted by Gasteiger charge is -2.13. The number of benzene rings is 1. The number of aryl methyl sites for hydroxylation is 1. The van der Waals surface area contributed by atoms with E-state index in [0.717, 1.165) is 17.5 Å². The molecule has 3 rings (SSSR count). The largest absolute Gasteiger partial charge is 0.353 e. The summed E-state index contributed by atoms with van der Waals surface area (Å²) in [6.45, 7) is 8.14. The van der Waals surface area contributed by atoms with Gasteiger partial charge in [0.15, 0.2) is 0 Å². The van der Waals surface area contributed by atoms with Crippen molar-refractivity contribution in [3.8, 4) is 6.07 Å². The summed E-state index contributed by atoms with van der Waals surface area (Å²) in [5.74, 6) is 0.251. The summed E-state index contributed by atoms with van der Waals surface area (Å²) in [5.41, 5.74) is -0.138. The van der Waals surface area contributed by atoms with Gasteiger partial charge in [0.25, 0.3) is 11.5 Å². The van der Waals surface area contributed by atoms with Crippen molar-refractivity contribution in [1.82, 2.24) is 24.1 Å². The molecule has 9 heteroatoms. The summed E-state index contributed by atoms with van der Waals surface area (Å²) in [6.07, 6.45) is 1.51. The fraction of sp³-hybridized carbons (Fsp3) is 0.476. The molecule has 1 N–H and O–H groups in total. The van der Waals surface area contributed by atoms with Gasteiger partial charge in [0, 0.05) is 18.2 Å². The van der Waals surface area contributed by atoms with E-state index in [2.05, 4.69) is 10.4 Å². The van der Waals surface area contributed by atoms with Crippen LogP contribution in [0.15, 0.2) is 27.8 Å². The van der Waals surface area contributed by atoms with E-state index in [-0.39, 0.29) is 29.8 Å². The van der Waals surface area contributed by atoms with E-state index >= 15 is 0 Å². The molecule has 0 aliphatic heterocycles. The number of rotatable bonds is 7. The minimum atomic E-state index is -0.519. The second-order valence-electron chi connectivity index (χ2n) is 7.89. The highest BCUT2D eigenvalue weighted by atomic mass is 16.2. The van der Waals surface area contributed by atoms with Crippen LogP contribution in [0.2, 0.25) is 0 Å². The van der Waals surface area contributed by atoms with Crippen LogP contribution < -0.4 is 16.6 Å². The Bertz CT molecular complexity index is 1260. The summed E-state index contributed by atoms with van der Waals surface area (Å²) < 4.78 is 3.82. The summed E-state index contributed by atoms with van der Waals surface area (Å²) >= 11 is 0. The Balaban J connectivity index is 2.29. The number of nitriles is 1. The molecule has 1 amide bonds. The lowest BCUT2D eigenvalue weighted by Crippen LogP contribution is -2.32. The van der Waals surface area contributed by atoms with E-state index in [1.807, 2.05) is 33.8 Å². The molecule has 3 aromatic rings. The summed E-state index contributed by atoms with van der Waals surface area (Å²) in [5, 5.41) is 16.5. The molecule has 0 spiro atoms. The summed E-state index contributed by atoms with van der Waals surface area (Å²) in [7, 11) is 0. The minimum Gasteiger partial charge on any atom is -0.350 e. The Morgan fingerprint density at radius 1 is 1.27 bits per heavy atom. The topological polar surface area (TPSA) is 114 Å². The molecule has 2 aromatic heterocycles. The van der Waals surface area contributed by atoms with Crippen LogP contribution in [0.4, 0.5) is 0 Å².